The first-order valence-electron chi connectivity index (χ1n) is 11.5. The van der Waals surface area contributed by atoms with Gasteiger partial charge in [0, 0.05) is 24.1 Å². The number of fused-ring (bicyclic) bond motifs is 2. The van der Waals surface area contributed by atoms with E-state index < -0.39 is 11.8 Å². The molecular formula is C29H27ClFNO3. The van der Waals surface area contributed by atoms with E-state index in [1.807, 2.05) is 30.3 Å². The van der Waals surface area contributed by atoms with E-state index in [4.69, 9.17) is 4.74 Å². The van der Waals surface area contributed by atoms with Crippen LogP contribution < -0.4 is 10.1 Å². The lowest BCUT2D eigenvalue weighted by Crippen LogP contribution is -2.37. The van der Waals surface area contributed by atoms with Gasteiger partial charge in [0.2, 0.25) is 0 Å². The summed E-state index contributed by atoms with van der Waals surface area (Å²) in [6.07, 6.45) is 0.549. The van der Waals surface area contributed by atoms with E-state index in [0.717, 1.165) is 16.9 Å². The van der Waals surface area contributed by atoms with E-state index in [9.17, 15) is 14.3 Å². The third kappa shape index (κ3) is 5.02. The molecule has 0 radical (unpaired) electrons. The quantitative estimate of drug-likeness (QED) is 0.314. The second-order valence-electron chi connectivity index (χ2n) is 8.81. The molecule has 2 N–H and O–H groups in total. The van der Waals surface area contributed by atoms with Crippen molar-refractivity contribution in [3.63, 3.8) is 0 Å². The molecule has 0 amide bonds. The molecule has 0 aromatic heterocycles. The van der Waals surface area contributed by atoms with Crippen molar-refractivity contribution in [2.24, 2.45) is 0 Å². The van der Waals surface area contributed by atoms with E-state index in [2.05, 4.69) is 48.6 Å². The zero-order valence-corrected chi connectivity index (χ0v) is 20.1. The van der Waals surface area contributed by atoms with Crippen molar-refractivity contribution in [3.05, 3.63) is 113 Å². The predicted molar refractivity (Wildman–Crippen MR) is 138 cm³/mol. The number of hydrogen-bond acceptors (Lipinski definition) is 3. The number of benzene rings is 4. The Morgan fingerprint density at radius 1 is 1.06 bits per heavy atom. The van der Waals surface area contributed by atoms with Crippen LogP contribution in [0, 0.1) is 5.82 Å². The first-order valence-corrected chi connectivity index (χ1v) is 11.5. The minimum absolute atomic E-state index is 0. The van der Waals surface area contributed by atoms with E-state index in [1.54, 1.807) is 6.07 Å². The number of nitrogens with one attached hydrogen (secondary N) is 1. The van der Waals surface area contributed by atoms with Gasteiger partial charge in [0.05, 0.1) is 5.56 Å². The minimum Gasteiger partial charge on any atom is -0.489 e. The molecule has 4 nitrogen and oxygen atoms in total. The fraction of sp³-hybridized carbons (Fsp3) is 0.207. The van der Waals surface area contributed by atoms with Gasteiger partial charge in [0.25, 0.3) is 0 Å². The highest BCUT2D eigenvalue weighted by molar-refractivity contribution is 5.88. The molecule has 0 saturated carbocycles. The molecule has 3 atom stereocenters. The summed E-state index contributed by atoms with van der Waals surface area (Å²) < 4.78 is 20.3. The Balaban J connectivity index is 0.00000289. The molecule has 0 bridgehead atoms. The summed E-state index contributed by atoms with van der Waals surface area (Å²) in [6, 6.07) is 27.0. The second kappa shape index (κ2) is 10.5. The highest BCUT2D eigenvalue weighted by Crippen LogP contribution is 2.40. The zero-order chi connectivity index (χ0) is 23.7. The van der Waals surface area contributed by atoms with Gasteiger partial charge in [-0.3, -0.25) is 0 Å². The molecule has 1 heterocycles. The topological polar surface area (TPSA) is 58.6 Å². The molecule has 5 rings (SSSR count). The van der Waals surface area contributed by atoms with Gasteiger partial charge in [-0.15, -0.1) is 12.4 Å². The summed E-state index contributed by atoms with van der Waals surface area (Å²) in [4.78, 5) is 11.5. The third-order valence-electron chi connectivity index (χ3n) is 6.65. The Morgan fingerprint density at radius 3 is 2.63 bits per heavy atom. The van der Waals surface area contributed by atoms with Crippen molar-refractivity contribution in [1.29, 1.82) is 0 Å². The summed E-state index contributed by atoms with van der Waals surface area (Å²) in [5, 5.41) is 15.5. The van der Waals surface area contributed by atoms with Gasteiger partial charge in [-0.2, -0.15) is 0 Å². The Morgan fingerprint density at radius 2 is 1.80 bits per heavy atom. The molecule has 180 valence electrons. The van der Waals surface area contributed by atoms with Gasteiger partial charge in [0.1, 0.15) is 17.7 Å². The van der Waals surface area contributed by atoms with Crippen molar-refractivity contribution in [1.82, 2.24) is 5.32 Å². The number of hydrogen-bond donors (Lipinski definition) is 2. The molecule has 1 aliphatic rings. The number of ether oxygens (including phenoxy) is 1. The van der Waals surface area contributed by atoms with Crippen LogP contribution in [-0.4, -0.2) is 23.7 Å². The Labute approximate surface area is 210 Å². The van der Waals surface area contributed by atoms with Crippen LogP contribution in [-0.2, 0) is 0 Å². The molecule has 0 unspecified atom stereocenters. The van der Waals surface area contributed by atoms with Gasteiger partial charge in [0.15, 0.2) is 0 Å². The summed E-state index contributed by atoms with van der Waals surface area (Å²) in [7, 11) is 0. The van der Waals surface area contributed by atoms with Crippen LogP contribution >= 0.6 is 12.4 Å². The van der Waals surface area contributed by atoms with Crippen molar-refractivity contribution in [3.8, 4) is 5.75 Å². The molecule has 0 saturated heterocycles. The van der Waals surface area contributed by atoms with Crippen LogP contribution in [0.15, 0.2) is 84.9 Å². The maximum Gasteiger partial charge on any atom is 0.338 e. The fourth-order valence-corrected chi connectivity index (χ4v) is 4.90. The Kier molecular flexibility index (Phi) is 7.39. The lowest BCUT2D eigenvalue weighted by atomic mass is 9.83. The lowest BCUT2D eigenvalue weighted by Gasteiger charge is -2.33. The molecule has 6 heteroatoms. The maximum absolute atomic E-state index is 14.0. The number of rotatable bonds is 6. The highest BCUT2D eigenvalue weighted by atomic mass is 35.5. The number of carboxylic acids is 1. The standard InChI is InChI=1S/C29H26FNO3.ClH/c1-18(22-11-6-8-19-7-2-3-9-23(19)22)31-17-21-16-25(24-10-4-5-12-28(24)34-21)20-13-14-27(30)26(15-20)29(32)33;/h2-15,18,21,25,31H,16-17H2,1H3,(H,32,33);1H/t18-,21+,25-;/m1./s1. The average molecular weight is 492 g/mol. The SMILES string of the molecule is C[C@@H](NC[C@@H]1C[C@H](c2ccc(F)c(C(=O)O)c2)c2ccccc2O1)c1cccc2ccccc12.Cl. The van der Waals surface area contributed by atoms with Crippen molar-refractivity contribution in [2.45, 2.75) is 31.4 Å². The molecular weight excluding hydrogens is 465 g/mol. The monoisotopic (exact) mass is 491 g/mol. The molecule has 4 aromatic carbocycles. The average Bonchev–Trinajstić information content (AvgIpc) is 2.86. The molecule has 0 aliphatic carbocycles. The number of halogens is 2. The predicted octanol–water partition coefficient (Wildman–Crippen LogP) is 6.73. The molecule has 4 aromatic rings. The van der Waals surface area contributed by atoms with Gasteiger partial charge >= 0.3 is 5.97 Å². The second-order valence-corrected chi connectivity index (χ2v) is 8.81. The summed E-state index contributed by atoms with van der Waals surface area (Å²) in [6.45, 7) is 2.78. The van der Waals surface area contributed by atoms with Gasteiger partial charge in [-0.25, -0.2) is 9.18 Å². The number of carbonyl (C=O) groups is 1. The van der Waals surface area contributed by atoms with Gasteiger partial charge in [-0.1, -0.05) is 66.7 Å². The first kappa shape index (κ1) is 24.7. The van der Waals surface area contributed by atoms with Crippen LogP contribution in [0.3, 0.4) is 0 Å². The van der Waals surface area contributed by atoms with Crippen LogP contribution in [0.1, 0.15) is 52.4 Å². The van der Waals surface area contributed by atoms with E-state index >= 15 is 0 Å². The molecule has 1 aliphatic heterocycles. The molecule has 35 heavy (non-hydrogen) atoms. The largest absolute Gasteiger partial charge is 0.489 e. The number of aromatic carboxylic acids is 1. The van der Waals surface area contributed by atoms with Gasteiger partial charge < -0.3 is 15.2 Å². The molecule has 0 fully saturated rings. The number of para-hydroxylation sites is 1. The van der Waals surface area contributed by atoms with Gasteiger partial charge in [-0.05, 0) is 53.4 Å². The van der Waals surface area contributed by atoms with E-state index in [-0.39, 0.29) is 36.0 Å². The van der Waals surface area contributed by atoms with E-state index in [0.29, 0.717) is 13.0 Å². The summed E-state index contributed by atoms with van der Waals surface area (Å²) in [5.74, 6) is -1.28. The number of carboxylic acid groups (broad SMARTS) is 1. The van der Waals surface area contributed by atoms with Crippen LogP contribution in [0.4, 0.5) is 4.39 Å². The first-order chi connectivity index (χ1) is 16.5. The van der Waals surface area contributed by atoms with Crippen molar-refractivity contribution in [2.75, 3.05) is 6.54 Å². The lowest BCUT2D eigenvalue weighted by molar-refractivity contribution is 0.0691. The maximum atomic E-state index is 14.0. The normalized spacial score (nSPS) is 17.7. The van der Waals surface area contributed by atoms with Crippen LogP contribution in [0.5, 0.6) is 5.75 Å². The van der Waals surface area contributed by atoms with E-state index in [1.165, 1.54) is 28.5 Å². The molecule has 0 spiro atoms. The van der Waals surface area contributed by atoms with Crippen LogP contribution in [0.2, 0.25) is 0 Å². The van der Waals surface area contributed by atoms with Crippen LogP contribution in [0.25, 0.3) is 10.8 Å². The third-order valence-corrected chi connectivity index (χ3v) is 6.65. The summed E-state index contributed by atoms with van der Waals surface area (Å²) >= 11 is 0. The fourth-order valence-electron chi connectivity index (χ4n) is 4.90. The Hall–Kier alpha value is -3.41. The summed E-state index contributed by atoms with van der Waals surface area (Å²) in [5.41, 5.74) is 2.70. The van der Waals surface area contributed by atoms with Crippen molar-refractivity contribution < 1.29 is 19.0 Å². The Bertz CT molecular complexity index is 1350. The van der Waals surface area contributed by atoms with Crippen molar-refractivity contribution >= 4 is 29.1 Å². The zero-order valence-electron chi connectivity index (χ0n) is 19.3. The smallest absolute Gasteiger partial charge is 0.338 e. The minimum atomic E-state index is -1.26. The highest BCUT2D eigenvalue weighted by Gasteiger charge is 2.30.